The second kappa shape index (κ2) is 10.8. The molecule has 0 aromatic heterocycles. The Kier molecular flexibility index (Phi) is 7.42. The Bertz CT molecular complexity index is 1120. The van der Waals surface area contributed by atoms with Crippen molar-refractivity contribution in [2.75, 3.05) is 19.0 Å². The fourth-order valence-corrected chi connectivity index (χ4v) is 4.58. The molecule has 168 valence electrons. The number of methoxy groups -OCH3 is 1. The van der Waals surface area contributed by atoms with E-state index in [9.17, 15) is 9.59 Å². The Morgan fingerprint density at radius 1 is 1.03 bits per heavy atom. The lowest BCUT2D eigenvalue weighted by atomic mass is 10.1. The van der Waals surface area contributed by atoms with Crippen LogP contribution in [0.5, 0.6) is 5.75 Å². The van der Waals surface area contributed by atoms with Crippen LogP contribution in [0, 0.1) is 0 Å². The summed E-state index contributed by atoms with van der Waals surface area (Å²) in [4.78, 5) is 32.4. The zero-order valence-electron chi connectivity index (χ0n) is 18.3. The molecule has 1 unspecified atom stereocenters. The quantitative estimate of drug-likeness (QED) is 0.546. The number of carbonyl (C=O) groups is 2. The number of anilines is 1. The minimum atomic E-state index is -0.553. The number of amidine groups is 1. The minimum Gasteiger partial charge on any atom is -0.497 e. The van der Waals surface area contributed by atoms with Crippen molar-refractivity contribution in [3.63, 3.8) is 0 Å². The average molecular weight is 460 g/mol. The Morgan fingerprint density at radius 3 is 2.36 bits per heavy atom. The number of nitrogens with zero attached hydrogens (tertiary/aromatic N) is 2. The molecule has 6 nitrogen and oxygen atoms in total. The van der Waals surface area contributed by atoms with Gasteiger partial charge < -0.3 is 10.1 Å². The Hall–Kier alpha value is -3.58. The maximum absolute atomic E-state index is 13.1. The molecule has 33 heavy (non-hydrogen) atoms. The average Bonchev–Trinajstić information content (AvgIpc) is 2.85. The number of rotatable bonds is 7. The highest BCUT2D eigenvalue weighted by molar-refractivity contribution is 8.15. The summed E-state index contributed by atoms with van der Waals surface area (Å²) in [6.45, 7) is 0.498. The summed E-state index contributed by atoms with van der Waals surface area (Å²) in [7, 11) is 1.61. The largest absolute Gasteiger partial charge is 0.497 e. The van der Waals surface area contributed by atoms with Gasteiger partial charge in [0.2, 0.25) is 11.8 Å². The molecule has 3 aromatic carbocycles. The molecule has 0 spiro atoms. The first-order chi connectivity index (χ1) is 16.1. The number of benzene rings is 3. The molecule has 1 heterocycles. The summed E-state index contributed by atoms with van der Waals surface area (Å²) in [5.74, 6) is 0.419. The number of thioether (sulfide) groups is 1. The molecule has 7 heteroatoms. The zero-order chi connectivity index (χ0) is 23.0. The number of amides is 2. The van der Waals surface area contributed by atoms with Crippen molar-refractivity contribution >= 4 is 40.1 Å². The van der Waals surface area contributed by atoms with Crippen molar-refractivity contribution < 1.29 is 14.3 Å². The van der Waals surface area contributed by atoms with E-state index in [2.05, 4.69) is 5.32 Å². The van der Waals surface area contributed by atoms with Crippen LogP contribution in [0.4, 0.5) is 11.4 Å². The normalized spacial score (nSPS) is 17.1. The molecule has 1 aliphatic rings. The predicted octanol–water partition coefficient (Wildman–Crippen LogP) is 4.90. The second-order valence-corrected chi connectivity index (χ2v) is 8.71. The van der Waals surface area contributed by atoms with E-state index in [1.54, 1.807) is 12.0 Å². The molecule has 0 bridgehead atoms. The smallest absolute Gasteiger partial charge is 0.238 e. The summed E-state index contributed by atoms with van der Waals surface area (Å²) in [6.07, 6.45) is 0.829. The topological polar surface area (TPSA) is 71.0 Å². The lowest BCUT2D eigenvalue weighted by Crippen LogP contribution is -2.46. The van der Waals surface area contributed by atoms with E-state index < -0.39 is 5.25 Å². The number of ether oxygens (including phenoxy) is 1. The number of para-hydroxylation sites is 1. The van der Waals surface area contributed by atoms with Gasteiger partial charge in [-0.1, -0.05) is 60.3 Å². The first-order valence-corrected chi connectivity index (χ1v) is 11.6. The van der Waals surface area contributed by atoms with Gasteiger partial charge in [0.1, 0.15) is 11.0 Å². The van der Waals surface area contributed by atoms with Gasteiger partial charge in [-0.2, -0.15) is 0 Å². The number of carbonyl (C=O) groups excluding carboxylic acids is 2. The van der Waals surface area contributed by atoms with Crippen molar-refractivity contribution in [2.45, 2.75) is 18.1 Å². The maximum Gasteiger partial charge on any atom is 0.238 e. The van der Waals surface area contributed by atoms with E-state index in [1.807, 2.05) is 84.9 Å². The zero-order valence-corrected chi connectivity index (χ0v) is 19.1. The van der Waals surface area contributed by atoms with Gasteiger partial charge in [0.15, 0.2) is 5.17 Å². The van der Waals surface area contributed by atoms with Crippen LogP contribution in [0.15, 0.2) is 89.9 Å². The van der Waals surface area contributed by atoms with Gasteiger partial charge in [0.05, 0.1) is 12.8 Å². The first-order valence-electron chi connectivity index (χ1n) is 10.7. The van der Waals surface area contributed by atoms with Gasteiger partial charge in [-0.3, -0.25) is 14.5 Å². The van der Waals surface area contributed by atoms with Gasteiger partial charge >= 0.3 is 0 Å². The van der Waals surface area contributed by atoms with Crippen molar-refractivity contribution in [2.24, 2.45) is 4.99 Å². The van der Waals surface area contributed by atoms with Crippen LogP contribution in [0.2, 0.25) is 0 Å². The van der Waals surface area contributed by atoms with Gasteiger partial charge in [-0.05, 0) is 48.4 Å². The summed E-state index contributed by atoms with van der Waals surface area (Å²) < 4.78 is 5.22. The Morgan fingerprint density at radius 2 is 1.70 bits per heavy atom. The van der Waals surface area contributed by atoms with E-state index in [1.165, 1.54) is 11.8 Å². The van der Waals surface area contributed by atoms with Crippen LogP contribution in [-0.4, -0.2) is 40.8 Å². The van der Waals surface area contributed by atoms with Crippen LogP contribution in [0.3, 0.4) is 0 Å². The molecule has 1 saturated heterocycles. The fraction of sp³-hybridized carbons (Fsp3) is 0.192. The van der Waals surface area contributed by atoms with Crippen LogP contribution in [-0.2, 0) is 16.0 Å². The molecule has 2 amide bonds. The molecular formula is C26H25N3O3S. The summed E-state index contributed by atoms with van der Waals surface area (Å²) in [5, 5.41) is 2.88. The summed E-state index contributed by atoms with van der Waals surface area (Å²) >= 11 is 1.32. The van der Waals surface area contributed by atoms with E-state index in [4.69, 9.17) is 9.73 Å². The number of nitrogens with one attached hydrogen (secondary N) is 1. The van der Waals surface area contributed by atoms with E-state index >= 15 is 0 Å². The molecule has 3 aromatic rings. The molecule has 1 N–H and O–H groups in total. The molecule has 1 atom stereocenters. The Balaban J connectivity index is 1.55. The third-order valence-electron chi connectivity index (χ3n) is 5.24. The summed E-state index contributed by atoms with van der Waals surface area (Å²) in [6, 6.07) is 26.6. The van der Waals surface area contributed by atoms with Crippen molar-refractivity contribution in [1.29, 1.82) is 0 Å². The van der Waals surface area contributed by atoms with Crippen LogP contribution in [0.1, 0.15) is 12.0 Å². The van der Waals surface area contributed by atoms with Gasteiger partial charge in [0.25, 0.3) is 0 Å². The van der Waals surface area contributed by atoms with Crippen LogP contribution in [0.25, 0.3) is 0 Å². The van der Waals surface area contributed by atoms with E-state index in [0.717, 1.165) is 11.3 Å². The van der Waals surface area contributed by atoms with Crippen molar-refractivity contribution in [3.05, 3.63) is 90.5 Å². The molecular weight excluding hydrogens is 434 g/mol. The third kappa shape index (κ3) is 6.02. The van der Waals surface area contributed by atoms with Gasteiger partial charge in [0, 0.05) is 18.7 Å². The van der Waals surface area contributed by atoms with E-state index in [-0.39, 0.29) is 18.2 Å². The molecule has 0 aliphatic carbocycles. The standard InChI is InChI=1S/C26H25N3O3S/c1-32-22-14-12-21(13-15-22)28-26-29(17-16-19-8-4-2-5-9-19)24(30)18-23(33-26)25(31)27-20-10-6-3-7-11-20/h2-15,23H,16-18H2,1H3,(H,27,31). The number of hydrogen-bond acceptors (Lipinski definition) is 5. The van der Waals surface area contributed by atoms with Crippen molar-refractivity contribution in [3.8, 4) is 5.75 Å². The molecule has 1 fully saturated rings. The highest BCUT2D eigenvalue weighted by Crippen LogP contribution is 2.30. The SMILES string of the molecule is COc1ccc(N=C2SC(C(=O)Nc3ccccc3)CC(=O)N2CCc2ccccc2)cc1. The maximum atomic E-state index is 13.1. The van der Waals surface area contributed by atoms with Crippen LogP contribution >= 0.6 is 11.8 Å². The van der Waals surface area contributed by atoms with Gasteiger partial charge in [-0.15, -0.1) is 0 Å². The van der Waals surface area contributed by atoms with Gasteiger partial charge in [-0.25, -0.2) is 4.99 Å². The lowest BCUT2D eigenvalue weighted by molar-refractivity contribution is -0.129. The van der Waals surface area contributed by atoms with E-state index in [0.29, 0.717) is 29.5 Å². The Labute approximate surface area is 197 Å². The molecule has 4 rings (SSSR count). The van der Waals surface area contributed by atoms with Crippen LogP contribution < -0.4 is 10.1 Å². The second-order valence-electron chi connectivity index (χ2n) is 7.54. The highest BCUT2D eigenvalue weighted by atomic mass is 32.2. The monoisotopic (exact) mass is 459 g/mol. The lowest BCUT2D eigenvalue weighted by Gasteiger charge is -2.32. The predicted molar refractivity (Wildman–Crippen MR) is 133 cm³/mol. The third-order valence-corrected chi connectivity index (χ3v) is 6.43. The molecule has 1 aliphatic heterocycles. The minimum absolute atomic E-state index is 0.106. The number of aliphatic imine (C=N–C) groups is 1. The number of hydrogen-bond donors (Lipinski definition) is 1. The highest BCUT2D eigenvalue weighted by Gasteiger charge is 2.35. The van der Waals surface area contributed by atoms with Crippen molar-refractivity contribution in [1.82, 2.24) is 4.90 Å². The first kappa shape index (κ1) is 22.6. The molecule has 0 saturated carbocycles. The summed E-state index contributed by atoms with van der Waals surface area (Å²) in [5.41, 5.74) is 2.54. The molecule has 0 radical (unpaired) electrons. The fourth-order valence-electron chi connectivity index (χ4n) is 3.46.